The molecule has 0 radical (unpaired) electrons. The zero-order valence-electron chi connectivity index (χ0n) is 18.3. The summed E-state index contributed by atoms with van der Waals surface area (Å²) in [6.07, 6.45) is -3.73. The van der Waals surface area contributed by atoms with Gasteiger partial charge in [-0.3, -0.25) is 9.78 Å². The van der Waals surface area contributed by atoms with Gasteiger partial charge in [0.25, 0.3) is 5.56 Å². The van der Waals surface area contributed by atoms with Crippen molar-refractivity contribution in [2.45, 2.75) is 12.8 Å². The molecule has 0 unspecified atom stereocenters. The van der Waals surface area contributed by atoms with Gasteiger partial charge in [-0.05, 0) is 30.3 Å². The smallest absolute Gasteiger partial charge is 0.490 e. The van der Waals surface area contributed by atoms with E-state index in [0.717, 1.165) is 5.69 Å². The van der Waals surface area contributed by atoms with Crippen molar-refractivity contribution in [1.82, 2.24) is 24.8 Å². The summed E-state index contributed by atoms with van der Waals surface area (Å²) in [5.41, 5.74) is -0.721. The van der Waals surface area contributed by atoms with E-state index < -0.39 is 17.7 Å². The van der Waals surface area contributed by atoms with Crippen molar-refractivity contribution < 1.29 is 22.6 Å². The number of rotatable bonds is 8. The lowest BCUT2D eigenvalue weighted by molar-refractivity contribution is -0.205. The SMILES string of the molecule is COc1cccc(CNCCOc2c(Cl)ccc3nc(-c4ccccn4)n(C(F)(F)F)c(=O)c23)n1. The maximum atomic E-state index is 13.9. The molecular formula is C23H19ClF3N5O3. The number of methoxy groups -OCH3 is 1. The number of ether oxygens (including phenoxy) is 2. The number of fused-ring (bicyclic) bond motifs is 1. The predicted octanol–water partition coefficient (Wildman–Crippen LogP) is 4.16. The third-order valence-electron chi connectivity index (χ3n) is 4.91. The van der Waals surface area contributed by atoms with Crippen LogP contribution in [-0.2, 0) is 12.8 Å². The molecule has 1 aromatic carbocycles. The number of halogens is 4. The van der Waals surface area contributed by atoms with Crippen LogP contribution in [0.3, 0.4) is 0 Å². The van der Waals surface area contributed by atoms with E-state index in [1.165, 1.54) is 37.6 Å². The molecule has 3 aromatic heterocycles. The second-order valence-corrected chi connectivity index (χ2v) is 7.63. The molecule has 0 bridgehead atoms. The molecule has 0 atom stereocenters. The van der Waals surface area contributed by atoms with Gasteiger partial charge in [-0.15, -0.1) is 13.2 Å². The van der Waals surface area contributed by atoms with E-state index >= 15 is 0 Å². The fourth-order valence-corrected chi connectivity index (χ4v) is 3.59. The summed E-state index contributed by atoms with van der Waals surface area (Å²) >= 11 is 6.20. The molecule has 1 N–H and O–H groups in total. The molecule has 0 saturated carbocycles. The Labute approximate surface area is 202 Å². The highest BCUT2D eigenvalue weighted by atomic mass is 35.5. The van der Waals surface area contributed by atoms with Gasteiger partial charge < -0.3 is 14.8 Å². The van der Waals surface area contributed by atoms with Gasteiger partial charge in [0.05, 0.1) is 23.3 Å². The summed E-state index contributed by atoms with van der Waals surface area (Å²) in [7, 11) is 1.52. The van der Waals surface area contributed by atoms with Crippen LogP contribution >= 0.6 is 11.6 Å². The van der Waals surface area contributed by atoms with Crippen molar-refractivity contribution in [3.8, 4) is 23.1 Å². The summed E-state index contributed by atoms with van der Waals surface area (Å²) < 4.78 is 52.1. The van der Waals surface area contributed by atoms with E-state index in [1.807, 2.05) is 6.07 Å². The molecule has 0 amide bonds. The van der Waals surface area contributed by atoms with Crippen LogP contribution in [0.25, 0.3) is 22.4 Å². The first-order chi connectivity index (χ1) is 16.8. The van der Waals surface area contributed by atoms with E-state index in [2.05, 4.69) is 20.3 Å². The first kappa shape index (κ1) is 24.4. The average Bonchev–Trinajstić information content (AvgIpc) is 2.84. The van der Waals surface area contributed by atoms with Crippen LogP contribution in [0.2, 0.25) is 5.02 Å². The number of aromatic nitrogens is 4. The van der Waals surface area contributed by atoms with Crippen LogP contribution in [0.5, 0.6) is 11.6 Å². The largest absolute Gasteiger partial charge is 0.493 e. The maximum Gasteiger partial charge on any atom is 0.493 e. The number of alkyl halides is 3. The Morgan fingerprint density at radius 2 is 1.91 bits per heavy atom. The first-order valence-corrected chi connectivity index (χ1v) is 10.7. The van der Waals surface area contributed by atoms with Crippen molar-refractivity contribution in [3.05, 3.63) is 75.8 Å². The normalized spacial score (nSPS) is 11.6. The minimum Gasteiger partial charge on any atom is -0.490 e. The zero-order valence-corrected chi connectivity index (χ0v) is 19.1. The van der Waals surface area contributed by atoms with Gasteiger partial charge in [0.1, 0.15) is 17.7 Å². The molecule has 0 aliphatic rings. The number of hydrogen-bond donors (Lipinski definition) is 1. The van der Waals surface area contributed by atoms with E-state index in [0.29, 0.717) is 19.0 Å². The average molecular weight is 506 g/mol. The van der Waals surface area contributed by atoms with Crippen LogP contribution in [0.1, 0.15) is 5.69 Å². The highest BCUT2D eigenvalue weighted by molar-refractivity contribution is 6.33. The minimum absolute atomic E-state index is 0.00379. The van der Waals surface area contributed by atoms with Crippen molar-refractivity contribution in [1.29, 1.82) is 0 Å². The molecular weight excluding hydrogens is 487 g/mol. The van der Waals surface area contributed by atoms with Gasteiger partial charge in [-0.25, -0.2) is 9.97 Å². The summed E-state index contributed by atoms with van der Waals surface area (Å²) in [4.78, 5) is 25.3. The Hall–Kier alpha value is -3.70. The fourth-order valence-electron chi connectivity index (χ4n) is 3.37. The quantitative estimate of drug-likeness (QED) is 0.359. The molecule has 0 fully saturated rings. The van der Waals surface area contributed by atoms with Crippen LogP contribution in [0.15, 0.2) is 59.5 Å². The lowest BCUT2D eigenvalue weighted by Crippen LogP contribution is -2.33. The topological polar surface area (TPSA) is 91.2 Å². The number of hydrogen-bond acceptors (Lipinski definition) is 7. The highest BCUT2D eigenvalue weighted by Gasteiger charge is 2.37. The van der Waals surface area contributed by atoms with Crippen molar-refractivity contribution in [2.75, 3.05) is 20.3 Å². The van der Waals surface area contributed by atoms with E-state index in [9.17, 15) is 18.0 Å². The van der Waals surface area contributed by atoms with Crippen molar-refractivity contribution in [2.24, 2.45) is 0 Å². The third kappa shape index (κ3) is 5.36. The van der Waals surface area contributed by atoms with Gasteiger partial charge >= 0.3 is 6.30 Å². The molecule has 0 aliphatic carbocycles. The molecule has 35 heavy (non-hydrogen) atoms. The van der Waals surface area contributed by atoms with Crippen molar-refractivity contribution >= 4 is 22.5 Å². The Bertz CT molecular complexity index is 1400. The second-order valence-electron chi connectivity index (χ2n) is 7.23. The third-order valence-corrected chi connectivity index (χ3v) is 5.21. The van der Waals surface area contributed by atoms with Gasteiger partial charge in [0, 0.05) is 25.4 Å². The minimum atomic E-state index is -5.05. The molecule has 4 aromatic rings. The summed E-state index contributed by atoms with van der Waals surface area (Å²) in [6.45, 7) is 0.731. The Morgan fingerprint density at radius 3 is 2.63 bits per heavy atom. The molecule has 3 heterocycles. The monoisotopic (exact) mass is 505 g/mol. The van der Waals surface area contributed by atoms with Crippen molar-refractivity contribution in [3.63, 3.8) is 0 Å². The lowest BCUT2D eigenvalue weighted by Gasteiger charge is -2.17. The Kier molecular flexibility index (Phi) is 7.17. The van der Waals surface area contributed by atoms with Gasteiger partial charge in [0.15, 0.2) is 11.6 Å². The van der Waals surface area contributed by atoms with Crippen LogP contribution in [0.4, 0.5) is 13.2 Å². The van der Waals surface area contributed by atoms with Crippen LogP contribution in [0, 0.1) is 0 Å². The Balaban J connectivity index is 1.62. The Morgan fingerprint density at radius 1 is 1.09 bits per heavy atom. The number of pyridine rings is 2. The van der Waals surface area contributed by atoms with Gasteiger partial charge in [-0.2, -0.15) is 4.57 Å². The van der Waals surface area contributed by atoms with Crippen LogP contribution in [-0.4, -0.2) is 39.8 Å². The summed E-state index contributed by atoms with van der Waals surface area (Å²) in [5.74, 6) is -0.327. The molecule has 4 rings (SSSR count). The van der Waals surface area contributed by atoms with E-state index in [1.54, 1.807) is 18.2 Å². The molecule has 8 nitrogen and oxygen atoms in total. The number of nitrogens with one attached hydrogen (secondary N) is 1. The standard InChI is InChI=1S/C23H19ClF3N5O3/c1-34-18-7-4-5-14(30-18)13-28-11-12-35-20-15(24)8-9-16-19(20)22(33)32(23(25,26)27)21(31-16)17-6-2-3-10-29-17/h2-10,28H,11-13H2,1H3. The zero-order chi connectivity index (χ0) is 25.0. The van der Waals surface area contributed by atoms with Crippen LogP contribution < -0.4 is 20.3 Å². The summed E-state index contributed by atoms with van der Waals surface area (Å²) in [6, 6.07) is 12.5. The first-order valence-electron chi connectivity index (χ1n) is 10.4. The van der Waals surface area contributed by atoms with Gasteiger partial charge in [0.2, 0.25) is 5.88 Å². The van der Waals surface area contributed by atoms with E-state index in [4.69, 9.17) is 21.1 Å². The molecule has 182 valence electrons. The molecule has 12 heteroatoms. The molecule has 0 saturated heterocycles. The maximum absolute atomic E-state index is 13.9. The van der Waals surface area contributed by atoms with Gasteiger partial charge in [-0.1, -0.05) is 23.7 Å². The number of benzene rings is 1. The number of nitrogens with zero attached hydrogens (tertiary/aromatic N) is 4. The second kappa shape index (κ2) is 10.3. The molecule has 0 aliphatic heterocycles. The lowest BCUT2D eigenvalue weighted by atomic mass is 10.2. The van der Waals surface area contributed by atoms with E-state index in [-0.39, 0.29) is 38.5 Å². The molecule has 0 spiro atoms. The summed E-state index contributed by atoms with van der Waals surface area (Å²) in [5, 5.41) is 2.72. The fraction of sp³-hybridized carbons (Fsp3) is 0.217. The highest BCUT2D eigenvalue weighted by Crippen LogP contribution is 2.34. The predicted molar refractivity (Wildman–Crippen MR) is 124 cm³/mol.